The molecule has 6 heteroatoms. The van der Waals surface area contributed by atoms with Crippen molar-refractivity contribution in [3.63, 3.8) is 0 Å². The Kier molecular flexibility index (Phi) is 5.43. The van der Waals surface area contributed by atoms with Gasteiger partial charge in [-0.2, -0.15) is 0 Å². The summed E-state index contributed by atoms with van der Waals surface area (Å²) in [5.41, 5.74) is 2.05. The van der Waals surface area contributed by atoms with Gasteiger partial charge in [-0.15, -0.1) is 11.3 Å². The van der Waals surface area contributed by atoms with Crippen molar-refractivity contribution in [2.45, 2.75) is 38.6 Å². The minimum atomic E-state index is 0.0879. The molecule has 3 aromatic rings. The number of imidazole rings is 1. The standard InChI is InChI=1S/C21H26N4OS/c1-2-6-18(19-9-5-14-27-19)22-20(26)15-10-12-25(13-11-15)21-23-16-7-3-4-8-17(16)24-21/h3-5,7-9,14-15,18H,2,6,10-13H2,1H3,(H,22,26)(H,23,24)/t18-/m1/s1. The van der Waals surface area contributed by atoms with E-state index < -0.39 is 0 Å². The third kappa shape index (κ3) is 4.00. The van der Waals surface area contributed by atoms with Crippen molar-refractivity contribution >= 4 is 34.2 Å². The van der Waals surface area contributed by atoms with Crippen molar-refractivity contribution in [1.29, 1.82) is 0 Å². The molecule has 27 heavy (non-hydrogen) atoms. The molecule has 2 aromatic heterocycles. The first-order chi connectivity index (χ1) is 13.2. The molecule has 1 saturated heterocycles. The van der Waals surface area contributed by atoms with E-state index in [1.165, 1.54) is 4.88 Å². The van der Waals surface area contributed by atoms with Crippen LogP contribution in [0.5, 0.6) is 0 Å². The fraction of sp³-hybridized carbons (Fsp3) is 0.429. The highest BCUT2D eigenvalue weighted by Gasteiger charge is 2.28. The minimum absolute atomic E-state index is 0.0879. The van der Waals surface area contributed by atoms with Crippen molar-refractivity contribution in [1.82, 2.24) is 15.3 Å². The second kappa shape index (κ2) is 8.13. The molecule has 1 atom stereocenters. The van der Waals surface area contributed by atoms with Gasteiger partial charge in [0.1, 0.15) is 0 Å². The predicted molar refractivity (Wildman–Crippen MR) is 111 cm³/mol. The lowest BCUT2D eigenvalue weighted by atomic mass is 9.95. The average molecular weight is 383 g/mol. The van der Waals surface area contributed by atoms with Crippen LogP contribution in [0.1, 0.15) is 43.5 Å². The van der Waals surface area contributed by atoms with Crippen LogP contribution in [0.25, 0.3) is 11.0 Å². The Bertz CT molecular complexity index is 848. The van der Waals surface area contributed by atoms with E-state index >= 15 is 0 Å². The first-order valence-corrected chi connectivity index (χ1v) is 10.7. The van der Waals surface area contributed by atoms with E-state index in [-0.39, 0.29) is 17.9 Å². The van der Waals surface area contributed by atoms with Gasteiger partial charge in [0.2, 0.25) is 11.9 Å². The summed E-state index contributed by atoms with van der Waals surface area (Å²) in [6.45, 7) is 3.88. The van der Waals surface area contributed by atoms with Gasteiger partial charge in [0.25, 0.3) is 0 Å². The first kappa shape index (κ1) is 18.0. The molecule has 1 aromatic carbocycles. The molecular weight excluding hydrogens is 356 g/mol. The Morgan fingerprint density at radius 3 is 2.81 bits per heavy atom. The second-order valence-corrected chi connectivity index (χ2v) is 8.18. The highest BCUT2D eigenvalue weighted by molar-refractivity contribution is 7.10. The smallest absolute Gasteiger partial charge is 0.223 e. The molecule has 0 unspecified atom stereocenters. The zero-order valence-electron chi connectivity index (χ0n) is 15.6. The van der Waals surface area contributed by atoms with Crippen molar-refractivity contribution in [2.75, 3.05) is 18.0 Å². The molecule has 1 aliphatic rings. The van der Waals surface area contributed by atoms with Crippen molar-refractivity contribution in [2.24, 2.45) is 5.92 Å². The van der Waals surface area contributed by atoms with Gasteiger partial charge in [-0.1, -0.05) is 31.5 Å². The number of rotatable bonds is 6. The summed E-state index contributed by atoms with van der Waals surface area (Å²) in [6, 6.07) is 12.4. The highest BCUT2D eigenvalue weighted by atomic mass is 32.1. The van der Waals surface area contributed by atoms with Crippen LogP contribution in [0.2, 0.25) is 0 Å². The molecule has 1 amide bonds. The molecule has 0 bridgehead atoms. The van der Waals surface area contributed by atoms with Crippen molar-refractivity contribution in [3.8, 4) is 0 Å². The number of hydrogen-bond donors (Lipinski definition) is 2. The number of nitrogens with one attached hydrogen (secondary N) is 2. The number of H-pyrrole nitrogens is 1. The molecule has 0 radical (unpaired) electrons. The van der Waals surface area contributed by atoms with E-state index in [0.717, 1.165) is 55.8 Å². The molecule has 0 saturated carbocycles. The van der Waals surface area contributed by atoms with Crippen molar-refractivity contribution in [3.05, 3.63) is 46.7 Å². The number of amides is 1. The number of fused-ring (bicyclic) bond motifs is 1. The Labute approximate surface area is 163 Å². The number of aromatic nitrogens is 2. The third-order valence-corrected chi connectivity index (χ3v) is 6.31. The largest absolute Gasteiger partial charge is 0.348 e. The van der Waals surface area contributed by atoms with Crippen LogP contribution in [-0.2, 0) is 4.79 Å². The van der Waals surface area contributed by atoms with Crippen LogP contribution < -0.4 is 10.2 Å². The molecule has 3 heterocycles. The van der Waals surface area contributed by atoms with E-state index in [2.05, 4.69) is 44.6 Å². The van der Waals surface area contributed by atoms with E-state index in [1.54, 1.807) is 11.3 Å². The van der Waals surface area contributed by atoms with E-state index in [1.807, 2.05) is 24.3 Å². The van der Waals surface area contributed by atoms with Gasteiger partial charge in [0.05, 0.1) is 17.1 Å². The summed E-state index contributed by atoms with van der Waals surface area (Å²) in [5.74, 6) is 1.20. The Hall–Kier alpha value is -2.34. The number of piperidine rings is 1. The zero-order chi connectivity index (χ0) is 18.6. The molecule has 142 valence electrons. The quantitative estimate of drug-likeness (QED) is 0.660. The third-order valence-electron chi connectivity index (χ3n) is 5.32. The molecule has 0 aliphatic carbocycles. The summed E-state index contributed by atoms with van der Waals surface area (Å²) < 4.78 is 0. The molecule has 0 spiro atoms. The molecule has 4 rings (SSSR count). The average Bonchev–Trinajstić information content (AvgIpc) is 3.37. The number of aromatic amines is 1. The Morgan fingerprint density at radius 2 is 2.11 bits per heavy atom. The van der Waals surface area contributed by atoms with Gasteiger partial charge >= 0.3 is 0 Å². The summed E-state index contributed by atoms with van der Waals surface area (Å²) in [4.78, 5) is 24.4. The van der Waals surface area contributed by atoms with E-state index in [4.69, 9.17) is 0 Å². The van der Waals surface area contributed by atoms with Crippen LogP contribution in [0.15, 0.2) is 41.8 Å². The number of nitrogens with zero attached hydrogens (tertiary/aromatic N) is 2. The Morgan fingerprint density at radius 1 is 1.30 bits per heavy atom. The Balaban J connectivity index is 1.36. The maximum atomic E-state index is 12.8. The first-order valence-electron chi connectivity index (χ1n) is 9.78. The van der Waals surface area contributed by atoms with Crippen LogP contribution >= 0.6 is 11.3 Å². The summed E-state index contributed by atoms with van der Waals surface area (Å²) in [6.07, 6.45) is 3.79. The predicted octanol–water partition coefficient (Wildman–Crippen LogP) is 4.50. The number of thiophene rings is 1. The number of para-hydroxylation sites is 2. The van der Waals surface area contributed by atoms with E-state index in [0.29, 0.717) is 0 Å². The summed E-state index contributed by atoms with van der Waals surface area (Å²) in [5, 5.41) is 5.38. The number of anilines is 1. The molecule has 2 N–H and O–H groups in total. The zero-order valence-corrected chi connectivity index (χ0v) is 16.5. The van der Waals surface area contributed by atoms with E-state index in [9.17, 15) is 4.79 Å². The molecule has 1 aliphatic heterocycles. The normalized spacial score (nSPS) is 16.6. The fourth-order valence-corrected chi connectivity index (χ4v) is 4.61. The monoisotopic (exact) mass is 382 g/mol. The summed E-state index contributed by atoms with van der Waals surface area (Å²) >= 11 is 1.72. The van der Waals surface area contributed by atoms with Crippen molar-refractivity contribution < 1.29 is 4.79 Å². The SMILES string of the molecule is CCC[C@@H](NC(=O)C1CCN(c2nc3ccccc3[nH]2)CC1)c1cccs1. The minimum Gasteiger partial charge on any atom is -0.348 e. The lowest BCUT2D eigenvalue weighted by Gasteiger charge is -2.32. The number of carbonyl (C=O) groups is 1. The number of hydrogen-bond acceptors (Lipinski definition) is 4. The van der Waals surface area contributed by atoms with Gasteiger partial charge in [0, 0.05) is 23.9 Å². The van der Waals surface area contributed by atoms with Gasteiger partial charge < -0.3 is 15.2 Å². The maximum absolute atomic E-state index is 12.8. The van der Waals surface area contributed by atoms with Gasteiger partial charge in [-0.05, 0) is 42.8 Å². The molecule has 1 fully saturated rings. The fourth-order valence-electron chi connectivity index (χ4n) is 3.80. The summed E-state index contributed by atoms with van der Waals surface area (Å²) in [7, 11) is 0. The topological polar surface area (TPSA) is 61.0 Å². The van der Waals surface area contributed by atoms with Crippen LogP contribution in [0.4, 0.5) is 5.95 Å². The second-order valence-electron chi connectivity index (χ2n) is 7.20. The van der Waals surface area contributed by atoms with Crippen LogP contribution in [-0.4, -0.2) is 29.0 Å². The lowest BCUT2D eigenvalue weighted by Crippen LogP contribution is -2.41. The maximum Gasteiger partial charge on any atom is 0.223 e. The van der Waals surface area contributed by atoms with Crippen LogP contribution in [0, 0.1) is 5.92 Å². The van der Waals surface area contributed by atoms with Gasteiger partial charge in [0.15, 0.2) is 0 Å². The number of benzene rings is 1. The number of carbonyl (C=O) groups excluding carboxylic acids is 1. The lowest BCUT2D eigenvalue weighted by molar-refractivity contribution is -0.126. The highest BCUT2D eigenvalue weighted by Crippen LogP contribution is 2.27. The van der Waals surface area contributed by atoms with Crippen LogP contribution in [0.3, 0.4) is 0 Å². The molecular formula is C21H26N4OS. The molecule has 5 nitrogen and oxygen atoms in total. The van der Waals surface area contributed by atoms with Gasteiger partial charge in [-0.3, -0.25) is 4.79 Å². The van der Waals surface area contributed by atoms with Gasteiger partial charge in [-0.25, -0.2) is 4.98 Å².